The van der Waals surface area contributed by atoms with Crippen LogP contribution in [0.5, 0.6) is 0 Å². The van der Waals surface area contributed by atoms with Crippen molar-refractivity contribution < 1.29 is 0 Å². The zero-order valence-corrected chi connectivity index (χ0v) is 29.1. The van der Waals surface area contributed by atoms with E-state index in [1.165, 1.54) is 71.3 Å². The Hall–Kier alpha value is -6.70. The van der Waals surface area contributed by atoms with E-state index in [0.29, 0.717) is 0 Å². The molecule has 0 aliphatic rings. The molecule has 0 unspecified atom stereocenters. The van der Waals surface area contributed by atoms with Gasteiger partial charge >= 0.3 is 0 Å². The van der Waals surface area contributed by atoms with Crippen LogP contribution in [0.4, 0.5) is 11.4 Å². The van der Waals surface area contributed by atoms with Gasteiger partial charge in [0.2, 0.25) is 0 Å². The van der Waals surface area contributed by atoms with E-state index >= 15 is 0 Å². The lowest BCUT2D eigenvalue weighted by Crippen LogP contribution is -2.15. The van der Waals surface area contributed by atoms with Gasteiger partial charge in [0.25, 0.3) is 0 Å². The summed E-state index contributed by atoms with van der Waals surface area (Å²) in [5.41, 5.74) is 12.7. The van der Waals surface area contributed by atoms with Crippen molar-refractivity contribution >= 4 is 49.4 Å². The quantitative estimate of drug-likeness (QED) is 0.153. The van der Waals surface area contributed by atoms with Crippen LogP contribution in [0.1, 0.15) is 11.1 Å². The van der Waals surface area contributed by atoms with Gasteiger partial charge in [0.1, 0.15) is 0 Å². The first kappa shape index (κ1) is 31.3. The fraction of sp³-hybridized carbons (Fsp3) is 0.0196. The van der Waals surface area contributed by atoms with E-state index < -0.39 is 0 Å². The molecule has 1 nitrogen and oxygen atoms in total. The fourth-order valence-electron chi connectivity index (χ4n) is 7.75. The maximum absolute atomic E-state index is 4.57. The van der Waals surface area contributed by atoms with E-state index in [4.69, 9.17) is 0 Å². The topological polar surface area (TPSA) is 3.24 Å². The Morgan fingerprint density at radius 1 is 0.404 bits per heavy atom. The maximum atomic E-state index is 4.57. The molecule has 246 valence electrons. The smallest absolute Gasteiger partial charge is 0.0490 e. The second-order valence-corrected chi connectivity index (χ2v) is 13.5. The molecule has 1 heteroatoms. The Labute approximate surface area is 305 Å². The molecule has 0 amide bonds. The molecule has 0 bridgehead atoms. The molecule has 0 atom stereocenters. The summed E-state index contributed by atoms with van der Waals surface area (Å²) in [5.74, 6) is 0. The SMILES string of the molecule is C=C(c1ccccc1)N(c1ccc(-c2ccc3c(-c4ccc5ccccc5c4)c4ccccc4c(-c4ccccc4)c3c2)cc1)c1ccccc1C. The van der Waals surface area contributed by atoms with Crippen LogP contribution >= 0.6 is 0 Å². The number of nitrogens with zero attached hydrogens (tertiary/aromatic N) is 1. The summed E-state index contributed by atoms with van der Waals surface area (Å²) in [6, 6.07) is 70.1. The van der Waals surface area contributed by atoms with E-state index in [1.54, 1.807) is 0 Å². The first-order valence-corrected chi connectivity index (χ1v) is 17.9. The predicted octanol–water partition coefficient (Wildman–Crippen LogP) is 14.3. The van der Waals surface area contributed by atoms with Gasteiger partial charge < -0.3 is 4.90 Å². The molecule has 9 aromatic rings. The molecule has 0 aliphatic heterocycles. The van der Waals surface area contributed by atoms with E-state index in [-0.39, 0.29) is 0 Å². The molecule has 0 N–H and O–H groups in total. The van der Waals surface area contributed by atoms with Crippen molar-refractivity contribution in [2.45, 2.75) is 6.92 Å². The molecule has 9 aromatic carbocycles. The van der Waals surface area contributed by atoms with E-state index in [1.807, 2.05) is 6.07 Å². The molecular weight excluding hydrogens is 627 g/mol. The van der Waals surface area contributed by atoms with Crippen molar-refractivity contribution in [3.8, 4) is 33.4 Å². The van der Waals surface area contributed by atoms with Gasteiger partial charge in [0.15, 0.2) is 0 Å². The average molecular weight is 664 g/mol. The lowest BCUT2D eigenvalue weighted by atomic mass is 9.84. The highest BCUT2D eigenvalue weighted by Gasteiger charge is 2.19. The molecular formula is C51H37N. The van der Waals surface area contributed by atoms with Crippen molar-refractivity contribution in [2.75, 3.05) is 4.90 Å². The van der Waals surface area contributed by atoms with Gasteiger partial charge in [0, 0.05) is 17.1 Å². The lowest BCUT2D eigenvalue weighted by molar-refractivity contribution is 1.26. The number of anilines is 2. The van der Waals surface area contributed by atoms with Gasteiger partial charge in [-0.3, -0.25) is 0 Å². The molecule has 0 heterocycles. The first-order chi connectivity index (χ1) is 25.6. The van der Waals surface area contributed by atoms with Crippen LogP contribution in [-0.2, 0) is 0 Å². The van der Waals surface area contributed by atoms with Crippen LogP contribution in [0.25, 0.3) is 71.4 Å². The summed E-state index contributed by atoms with van der Waals surface area (Å²) in [5, 5.41) is 7.50. The van der Waals surface area contributed by atoms with Crippen LogP contribution in [-0.4, -0.2) is 0 Å². The molecule has 0 saturated carbocycles. The Morgan fingerprint density at radius 2 is 0.962 bits per heavy atom. The highest BCUT2D eigenvalue weighted by Crippen LogP contribution is 2.45. The van der Waals surface area contributed by atoms with Crippen LogP contribution in [0.3, 0.4) is 0 Å². The fourth-order valence-corrected chi connectivity index (χ4v) is 7.75. The van der Waals surface area contributed by atoms with Crippen molar-refractivity contribution in [1.29, 1.82) is 0 Å². The summed E-state index contributed by atoms with van der Waals surface area (Å²) < 4.78 is 0. The van der Waals surface area contributed by atoms with Crippen molar-refractivity contribution in [3.05, 3.63) is 212 Å². The van der Waals surface area contributed by atoms with Gasteiger partial charge in [-0.2, -0.15) is 0 Å². The predicted molar refractivity (Wildman–Crippen MR) is 224 cm³/mol. The molecule has 0 aromatic heterocycles. The van der Waals surface area contributed by atoms with Gasteiger partial charge in [-0.25, -0.2) is 0 Å². The van der Waals surface area contributed by atoms with Crippen LogP contribution in [0.15, 0.2) is 201 Å². The molecule has 9 rings (SSSR count). The number of fused-ring (bicyclic) bond motifs is 3. The Morgan fingerprint density at radius 3 is 1.69 bits per heavy atom. The molecule has 0 aliphatic carbocycles. The first-order valence-electron chi connectivity index (χ1n) is 17.9. The summed E-state index contributed by atoms with van der Waals surface area (Å²) in [6.07, 6.45) is 0. The summed E-state index contributed by atoms with van der Waals surface area (Å²) in [4.78, 5) is 2.27. The van der Waals surface area contributed by atoms with E-state index in [0.717, 1.165) is 22.6 Å². The number of rotatable bonds is 7. The molecule has 52 heavy (non-hydrogen) atoms. The zero-order chi connectivity index (χ0) is 35.0. The highest BCUT2D eigenvalue weighted by molar-refractivity contribution is 6.22. The van der Waals surface area contributed by atoms with Gasteiger partial charge in [-0.15, -0.1) is 0 Å². The third-order valence-electron chi connectivity index (χ3n) is 10.3. The van der Waals surface area contributed by atoms with Crippen molar-refractivity contribution in [3.63, 3.8) is 0 Å². The molecule has 0 spiro atoms. The molecule has 0 fully saturated rings. The summed E-state index contributed by atoms with van der Waals surface area (Å²) in [7, 11) is 0. The van der Waals surface area contributed by atoms with Crippen molar-refractivity contribution in [1.82, 2.24) is 0 Å². The number of hydrogen-bond acceptors (Lipinski definition) is 1. The second kappa shape index (κ2) is 13.2. The minimum Gasteiger partial charge on any atom is -0.310 e. The van der Waals surface area contributed by atoms with Gasteiger partial charge in [-0.1, -0.05) is 170 Å². The van der Waals surface area contributed by atoms with Crippen molar-refractivity contribution in [2.24, 2.45) is 0 Å². The van der Waals surface area contributed by atoms with E-state index in [9.17, 15) is 0 Å². The Bertz CT molecular complexity index is 2740. The summed E-state index contributed by atoms with van der Waals surface area (Å²) >= 11 is 0. The van der Waals surface area contributed by atoms with Gasteiger partial charge in [-0.05, 0) is 114 Å². The highest BCUT2D eigenvalue weighted by atomic mass is 15.1. The Balaban J connectivity index is 1.22. The summed E-state index contributed by atoms with van der Waals surface area (Å²) in [6.45, 7) is 6.73. The van der Waals surface area contributed by atoms with Crippen LogP contribution < -0.4 is 4.90 Å². The minimum atomic E-state index is 0.939. The number of benzene rings is 9. The van der Waals surface area contributed by atoms with E-state index in [2.05, 4.69) is 206 Å². The second-order valence-electron chi connectivity index (χ2n) is 13.5. The van der Waals surface area contributed by atoms with Gasteiger partial charge in [0.05, 0.1) is 0 Å². The maximum Gasteiger partial charge on any atom is 0.0490 e. The largest absolute Gasteiger partial charge is 0.310 e. The average Bonchev–Trinajstić information content (AvgIpc) is 3.21. The zero-order valence-electron chi connectivity index (χ0n) is 29.1. The standard InChI is InChI=1S/C51H37N/c1-35-15-9-14-24-49(35)52(36(2)37-16-5-3-6-17-37)44-30-27-39(28-31-44)42-29-32-47-48(34-42)50(40-19-7-4-8-20-40)45-22-12-13-23-46(45)51(47)43-26-25-38-18-10-11-21-41(38)33-43/h3-34H,2H2,1H3. The third kappa shape index (κ3) is 5.54. The third-order valence-corrected chi connectivity index (χ3v) is 10.3. The lowest BCUT2D eigenvalue weighted by Gasteiger charge is -2.29. The molecule has 0 radical (unpaired) electrons. The number of aryl methyl sites for hydroxylation is 1. The number of para-hydroxylation sites is 1. The van der Waals surface area contributed by atoms with Crippen LogP contribution in [0.2, 0.25) is 0 Å². The Kier molecular flexibility index (Phi) is 7.95. The van der Waals surface area contributed by atoms with Crippen LogP contribution in [0, 0.1) is 6.92 Å². The monoisotopic (exact) mass is 663 g/mol. The minimum absolute atomic E-state index is 0.939. The molecule has 0 saturated heterocycles. The normalized spacial score (nSPS) is 11.2. The number of hydrogen-bond donors (Lipinski definition) is 0.